The lowest BCUT2D eigenvalue weighted by Crippen LogP contribution is -2.48. The van der Waals surface area contributed by atoms with E-state index in [4.69, 9.17) is 18.0 Å². The molecule has 2 rings (SSSR count). The van der Waals surface area contributed by atoms with Crippen LogP contribution in [0.15, 0.2) is 0 Å². The van der Waals surface area contributed by atoms with Crippen LogP contribution in [0.1, 0.15) is 67.2 Å². The van der Waals surface area contributed by atoms with E-state index >= 15 is 0 Å². The minimum atomic E-state index is -0.227. The van der Waals surface area contributed by atoms with Crippen LogP contribution < -0.4 is 11.1 Å². The highest BCUT2D eigenvalue weighted by molar-refractivity contribution is 7.80. The molecule has 1 amide bonds. The van der Waals surface area contributed by atoms with Crippen molar-refractivity contribution < 1.29 is 4.79 Å². The molecule has 5 nitrogen and oxygen atoms in total. The van der Waals surface area contributed by atoms with Gasteiger partial charge in [-0.15, -0.1) is 5.10 Å². The molecule has 1 aromatic heterocycles. The molecule has 21 heavy (non-hydrogen) atoms. The first kappa shape index (κ1) is 16.3. The molecule has 0 spiro atoms. The molecule has 1 heterocycles. The summed E-state index contributed by atoms with van der Waals surface area (Å²) in [4.78, 5) is 13.4. The van der Waals surface area contributed by atoms with E-state index in [9.17, 15) is 4.79 Å². The Bertz CT molecular complexity index is 509. The number of hydrogen-bond donors (Lipinski definition) is 2. The van der Waals surface area contributed by atoms with Gasteiger partial charge >= 0.3 is 0 Å². The maximum absolute atomic E-state index is 12.5. The summed E-state index contributed by atoms with van der Waals surface area (Å²) in [7, 11) is 0. The van der Waals surface area contributed by atoms with E-state index in [-0.39, 0.29) is 17.9 Å². The van der Waals surface area contributed by atoms with Gasteiger partial charge in [-0.05, 0) is 36.2 Å². The summed E-state index contributed by atoms with van der Waals surface area (Å²) >= 11 is 6.29. The average molecular weight is 326 g/mol. The van der Waals surface area contributed by atoms with Crippen LogP contribution in [0.25, 0.3) is 0 Å². The van der Waals surface area contributed by atoms with Gasteiger partial charge in [0, 0.05) is 0 Å². The minimum absolute atomic E-state index is 0.155. The van der Waals surface area contributed by atoms with Gasteiger partial charge in [-0.3, -0.25) is 4.79 Å². The molecule has 1 atom stereocenters. The zero-order valence-corrected chi connectivity index (χ0v) is 14.1. The van der Waals surface area contributed by atoms with Crippen LogP contribution in [0.3, 0.4) is 0 Å². The zero-order valence-electron chi connectivity index (χ0n) is 12.5. The van der Waals surface area contributed by atoms with E-state index < -0.39 is 0 Å². The van der Waals surface area contributed by atoms with Gasteiger partial charge in [-0.25, -0.2) is 0 Å². The van der Waals surface area contributed by atoms with E-state index in [1.54, 1.807) is 0 Å². The van der Waals surface area contributed by atoms with Crippen molar-refractivity contribution >= 4 is 34.6 Å². The number of carbonyl (C=O) groups excluding carboxylic acids is 1. The lowest BCUT2D eigenvalue weighted by atomic mass is 9.84. The number of nitrogens with one attached hydrogen (secondary N) is 1. The summed E-state index contributed by atoms with van der Waals surface area (Å²) in [5.41, 5.74) is 6.59. The summed E-state index contributed by atoms with van der Waals surface area (Å²) in [6.07, 6.45) is 5.75. The van der Waals surface area contributed by atoms with E-state index in [2.05, 4.69) is 14.9 Å². The minimum Gasteiger partial charge on any atom is -0.392 e. The van der Waals surface area contributed by atoms with Gasteiger partial charge in [0.1, 0.15) is 4.88 Å². The van der Waals surface area contributed by atoms with Crippen molar-refractivity contribution in [3.63, 3.8) is 0 Å². The molecule has 0 saturated heterocycles. The van der Waals surface area contributed by atoms with Gasteiger partial charge in [0.2, 0.25) is 0 Å². The molecule has 1 aliphatic carbocycles. The second kappa shape index (κ2) is 7.26. The van der Waals surface area contributed by atoms with Crippen molar-refractivity contribution in [2.24, 2.45) is 11.7 Å². The third kappa shape index (κ3) is 3.97. The number of hydrogen-bond acceptors (Lipinski definition) is 5. The largest absolute Gasteiger partial charge is 0.392 e. The second-order valence-electron chi connectivity index (χ2n) is 5.89. The van der Waals surface area contributed by atoms with Crippen molar-refractivity contribution in [3.05, 3.63) is 10.6 Å². The quantitative estimate of drug-likeness (QED) is 0.813. The summed E-state index contributed by atoms with van der Waals surface area (Å²) in [6, 6.07) is -0.227. The van der Waals surface area contributed by atoms with Crippen LogP contribution in [0.4, 0.5) is 0 Å². The third-order valence-electron chi connectivity index (χ3n) is 3.98. The molecule has 0 bridgehead atoms. The molecule has 7 heteroatoms. The molecular formula is C14H22N4OS2. The van der Waals surface area contributed by atoms with Gasteiger partial charge in [0.25, 0.3) is 5.91 Å². The van der Waals surface area contributed by atoms with Crippen LogP contribution in [-0.2, 0) is 0 Å². The zero-order chi connectivity index (χ0) is 15.4. The molecule has 3 N–H and O–H groups in total. The Hall–Kier alpha value is -1.08. The fourth-order valence-electron chi connectivity index (χ4n) is 2.83. The van der Waals surface area contributed by atoms with Gasteiger partial charge in [-0.1, -0.05) is 49.8 Å². The van der Waals surface area contributed by atoms with Gasteiger partial charge in [-0.2, -0.15) is 0 Å². The molecule has 1 aromatic rings. The molecule has 0 aromatic carbocycles. The summed E-state index contributed by atoms with van der Waals surface area (Å²) in [5.74, 6) is 0.364. The molecular weight excluding hydrogens is 304 g/mol. The number of aromatic nitrogens is 2. The lowest BCUT2D eigenvalue weighted by Gasteiger charge is -2.30. The Morgan fingerprint density at radius 3 is 2.62 bits per heavy atom. The SMILES string of the molecule is CC(C)c1nnsc1C(=O)NC(C(N)=S)C1CCCCC1. The van der Waals surface area contributed by atoms with Gasteiger partial charge in [0.15, 0.2) is 0 Å². The Labute approximate surface area is 134 Å². The topological polar surface area (TPSA) is 80.9 Å². The molecule has 1 aliphatic rings. The summed E-state index contributed by atoms with van der Waals surface area (Å²) < 4.78 is 3.90. The van der Waals surface area contributed by atoms with Crippen LogP contribution >= 0.6 is 23.8 Å². The van der Waals surface area contributed by atoms with Crippen molar-refractivity contribution in [1.82, 2.24) is 14.9 Å². The number of thiocarbonyl (C=S) groups is 1. The van der Waals surface area contributed by atoms with Crippen LogP contribution in [0, 0.1) is 5.92 Å². The highest BCUT2D eigenvalue weighted by Gasteiger charge is 2.29. The first-order valence-electron chi connectivity index (χ1n) is 7.43. The maximum Gasteiger partial charge on any atom is 0.265 e. The molecule has 116 valence electrons. The van der Waals surface area contributed by atoms with E-state index in [1.807, 2.05) is 13.8 Å². The van der Waals surface area contributed by atoms with Crippen LogP contribution in [0.2, 0.25) is 0 Å². The summed E-state index contributed by atoms with van der Waals surface area (Å²) in [6.45, 7) is 4.00. The number of nitrogens with zero attached hydrogens (tertiary/aromatic N) is 2. The standard InChI is InChI=1S/C14H22N4OS2/c1-8(2)10-12(21-18-17-10)14(19)16-11(13(15)20)9-6-4-3-5-7-9/h8-9,11H,3-7H2,1-2H3,(H2,15,20)(H,16,19). The Kier molecular flexibility index (Phi) is 5.64. The molecule has 1 unspecified atom stereocenters. The predicted octanol–water partition coefficient (Wildman–Crippen LogP) is 2.63. The lowest BCUT2D eigenvalue weighted by molar-refractivity contribution is 0.0934. The Morgan fingerprint density at radius 2 is 2.05 bits per heavy atom. The highest BCUT2D eigenvalue weighted by atomic mass is 32.1. The molecule has 1 saturated carbocycles. The monoisotopic (exact) mass is 326 g/mol. The fourth-order valence-corrected chi connectivity index (χ4v) is 3.80. The van der Waals surface area contributed by atoms with Gasteiger partial charge in [0.05, 0.1) is 16.7 Å². The number of nitrogens with two attached hydrogens (primary N) is 1. The van der Waals surface area contributed by atoms with E-state index in [0.717, 1.165) is 30.1 Å². The smallest absolute Gasteiger partial charge is 0.265 e. The molecule has 1 fully saturated rings. The highest BCUT2D eigenvalue weighted by Crippen LogP contribution is 2.27. The molecule has 0 aliphatic heterocycles. The van der Waals surface area contributed by atoms with E-state index in [0.29, 0.717) is 15.8 Å². The first-order valence-corrected chi connectivity index (χ1v) is 8.61. The number of amides is 1. The third-order valence-corrected chi connectivity index (χ3v) is 4.98. The number of carbonyl (C=O) groups is 1. The first-order chi connectivity index (χ1) is 10.0. The van der Waals surface area contributed by atoms with Crippen molar-refractivity contribution in [2.75, 3.05) is 0 Å². The Morgan fingerprint density at radius 1 is 1.38 bits per heavy atom. The molecule has 0 radical (unpaired) electrons. The van der Waals surface area contributed by atoms with Crippen molar-refractivity contribution in [3.8, 4) is 0 Å². The maximum atomic E-state index is 12.5. The van der Waals surface area contributed by atoms with Crippen LogP contribution in [0.5, 0.6) is 0 Å². The van der Waals surface area contributed by atoms with Crippen molar-refractivity contribution in [1.29, 1.82) is 0 Å². The average Bonchev–Trinajstić information content (AvgIpc) is 2.94. The fraction of sp³-hybridized carbons (Fsp3) is 0.714. The summed E-state index contributed by atoms with van der Waals surface area (Å²) in [5, 5.41) is 7.05. The normalized spacial score (nSPS) is 17.7. The predicted molar refractivity (Wildman–Crippen MR) is 88.6 cm³/mol. The van der Waals surface area contributed by atoms with Gasteiger partial charge < -0.3 is 11.1 Å². The van der Waals surface area contributed by atoms with Crippen molar-refractivity contribution in [2.45, 2.75) is 57.9 Å². The Balaban J connectivity index is 2.11. The van der Waals surface area contributed by atoms with E-state index in [1.165, 1.54) is 19.3 Å². The number of rotatable bonds is 5. The second-order valence-corrected chi connectivity index (χ2v) is 7.12. The van der Waals surface area contributed by atoms with Crippen LogP contribution in [-0.4, -0.2) is 26.5 Å².